The van der Waals surface area contributed by atoms with Crippen LogP contribution in [0, 0.1) is 5.92 Å². The molecule has 0 aromatic heterocycles. The molecule has 18 heavy (non-hydrogen) atoms. The summed E-state index contributed by atoms with van der Waals surface area (Å²) in [5.74, 6) is -0.306. The molecule has 5 N–H and O–H groups in total. The Bertz CT molecular complexity index is 264. The number of aliphatic hydroxyl groups is 3. The maximum absolute atomic E-state index is 10.6. The molecule has 0 aromatic rings. The summed E-state index contributed by atoms with van der Waals surface area (Å²) in [5, 5.41) is 34.1. The molecule has 0 aromatic carbocycles. The molecule has 0 saturated carbocycles. The molecule has 0 spiro atoms. The van der Waals surface area contributed by atoms with Crippen molar-refractivity contribution in [3.8, 4) is 0 Å². The van der Waals surface area contributed by atoms with Gasteiger partial charge in [0, 0.05) is 32.5 Å². The zero-order valence-electron chi connectivity index (χ0n) is 10.5. The zero-order valence-corrected chi connectivity index (χ0v) is 10.5. The van der Waals surface area contributed by atoms with Gasteiger partial charge in [-0.2, -0.15) is 0 Å². The molecule has 1 saturated heterocycles. The van der Waals surface area contributed by atoms with E-state index in [1.807, 2.05) is 0 Å². The van der Waals surface area contributed by atoms with Crippen molar-refractivity contribution in [2.45, 2.75) is 25.2 Å². The highest BCUT2D eigenvalue weighted by molar-refractivity contribution is 5.72. The first-order valence-electron chi connectivity index (χ1n) is 6.10. The molecule has 1 fully saturated rings. The molecule has 1 heterocycles. The maximum Gasteiger partial charge on any atom is 0.216 e. The van der Waals surface area contributed by atoms with Crippen LogP contribution in [-0.4, -0.2) is 72.4 Å². The quantitative estimate of drug-likeness (QED) is 0.337. The van der Waals surface area contributed by atoms with E-state index in [0.29, 0.717) is 19.6 Å². The average molecular weight is 262 g/mol. The monoisotopic (exact) mass is 262 g/mol. The number of nitrogens with one attached hydrogen (secondary N) is 2. The second kappa shape index (κ2) is 7.65. The van der Waals surface area contributed by atoms with Gasteiger partial charge in [-0.05, 0) is 0 Å². The lowest BCUT2D eigenvalue weighted by Crippen LogP contribution is -2.54. The zero-order chi connectivity index (χ0) is 13.5. The summed E-state index contributed by atoms with van der Waals surface area (Å²) in [6.07, 6.45) is -2.69. The number of amides is 1. The van der Waals surface area contributed by atoms with Crippen molar-refractivity contribution in [2.75, 3.05) is 32.8 Å². The number of rotatable bonds is 6. The van der Waals surface area contributed by atoms with Crippen molar-refractivity contribution in [3.63, 3.8) is 0 Å². The lowest BCUT2D eigenvalue weighted by Gasteiger charge is -2.37. The maximum atomic E-state index is 10.6. The van der Waals surface area contributed by atoms with Crippen LogP contribution >= 0.6 is 0 Å². The molecular formula is C11H22N2O5. The predicted octanol–water partition coefficient (Wildman–Crippen LogP) is -2.56. The van der Waals surface area contributed by atoms with E-state index in [9.17, 15) is 15.0 Å². The van der Waals surface area contributed by atoms with Crippen LogP contribution in [0.4, 0.5) is 0 Å². The second-order valence-corrected chi connectivity index (χ2v) is 4.48. The van der Waals surface area contributed by atoms with Crippen LogP contribution in [0.1, 0.15) is 6.92 Å². The number of carbonyl (C=O) groups excluding carboxylic acids is 1. The van der Waals surface area contributed by atoms with Gasteiger partial charge in [0.15, 0.2) is 0 Å². The van der Waals surface area contributed by atoms with Gasteiger partial charge in [-0.25, -0.2) is 0 Å². The topological polar surface area (TPSA) is 111 Å². The summed E-state index contributed by atoms with van der Waals surface area (Å²) >= 11 is 0. The van der Waals surface area contributed by atoms with E-state index in [1.165, 1.54) is 6.92 Å². The number of hydrogen-bond donors (Lipinski definition) is 5. The Balaban J connectivity index is 2.21. The fourth-order valence-electron chi connectivity index (χ4n) is 1.90. The number of hydrogen-bond acceptors (Lipinski definition) is 6. The molecule has 0 bridgehead atoms. The van der Waals surface area contributed by atoms with Crippen molar-refractivity contribution < 1.29 is 24.9 Å². The van der Waals surface area contributed by atoms with Gasteiger partial charge in [0.25, 0.3) is 0 Å². The predicted molar refractivity (Wildman–Crippen MR) is 63.9 cm³/mol. The Labute approximate surface area is 106 Å². The summed E-state index contributed by atoms with van der Waals surface area (Å²) in [7, 11) is 0. The third-order valence-electron chi connectivity index (χ3n) is 3.00. The van der Waals surface area contributed by atoms with Gasteiger partial charge in [-0.3, -0.25) is 4.79 Å². The van der Waals surface area contributed by atoms with Crippen molar-refractivity contribution in [1.82, 2.24) is 10.6 Å². The first-order valence-corrected chi connectivity index (χ1v) is 6.10. The fourth-order valence-corrected chi connectivity index (χ4v) is 1.90. The molecule has 1 aliphatic rings. The molecule has 0 radical (unpaired) electrons. The minimum Gasteiger partial charge on any atom is -0.394 e. The van der Waals surface area contributed by atoms with E-state index in [0.717, 1.165) is 0 Å². The Morgan fingerprint density at radius 2 is 2.06 bits per heavy atom. The second-order valence-electron chi connectivity index (χ2n) is 4.48. The first kappa shape index (κ1) is 15.3. The number of ether oxygens (including phenoxy) is 1. The van der Waals surface area contributed by atoms with Gasteiger partial charge in [0.05, 0.1) is 19.3 Å². The van der Waals surface area contributed by atoms with Crippen LogP contribution in [0.5, 0.6) is 0 Å². The normalized spacial score (nSPS) is 32.2. The first-order chi connectivity index (χ1) is 8.56. The van der Waals surface area contributed by atoms with Crippen LogP contribution in [0.15, 0.2) is 0 Å². The Kier molecular flexibility index (Phi) is 6.51. The molecule has 0 aliphatic carbocycles. The third-order valence-corrected chi connectivity index (χ3v) is 3.00. The standard InChI is InChI=1S/C11H22N2O5/c1-7(15)13-3-2-12-4-8-6-18-9(5-14)11(17)10(8)16/h8-12,14,16-17H,2-6H2,1H3,(H,13,15)/t8-,9-,10-,11+/m1/s1. The molecule has 1 aliphatic heterocycles. The molecule has 1 rings (SSSR count). The molecule has 4 atom stereocenters. The molecule has 1 amide bonds. The summed E-state index contributed by atoms with van der Waals surface area (Å²) in [6.45, 7) is 3.01. The minimum absolute atomic E-state index is 0.0842. The Hall–Kier alpha value is -0.730. The summed E-state index contributed by atoms with van der Waals surface area (Å²) in [4.78, 5) is 10.6. The highest BCUT2D eigenvalue weighted by Crippen LogP contribution is 2.19. The molecule has 106 valence electrons. The lowest BCUT2D eigenvalue weighted by molar-refractivity contribution is -0.173. The van der Waals surface area contributed by atoms with E-state index in [4.69, 9.17) is 9.84 Å². The smallest absolute Gasteiger partial charge is 0.216 e. The SMILES string of the molecule is CC(=O)NCCNC[C@@H]1CO[C@H](CO)[C@H](O)[C@@H]1O. The van der Waals surface area contributed by atoms with E-state index >= 15 is 0 Å². The van der Waals surface area contributed by atoms with E-state index in [2.05, 4.69) is 10.6 Å². The minimum atomic E-state index is -1.06. The largest absolute Gasteiger partial charge is 0.394 e. The highest BCUT2D eigenvalue weighted by Gasteiger charge is 2.37. The van der Waals surface area contributed by atoms with E-state index < -0.39 is 18.3 Å². The van der Waals surface area contributed by atoms with Crippen molar-refractivity contribution in [3.05, 3.63) is 0 Å². The summed E-state index contributed by atoms with van der Waals surface area (Å²) in [6, 6.07) is 0. The third kappa shape index (κ3) is 4.51. The molecule has 7 heteroatoms. The van der Waals surface area contributed by atoms with E-state index in [1.54, 1.807) is 0 Å². The molecule has 7 nitrogen and oxygen atoms in total. The molecular weight excluding hydrogens is 240 g/mol. The van der Waals surface area contributed by atoms with Gasteiger partial charge in [-0.1, -0.05) is 0 Å². The van der Waals surface area contributed by atoms with Crippen molar-refractivity contribution >= 4 is 5.91 Å². The van der Waals surface area contributed by atoms with Crippen LogP contribution in [0.2, 0.25) is 0 Å². The van der Waals surface area contributed by atoms with Crippen molar-refractivity contribution in [1.29, 1.82) is 0 Å². The van der Waals surface area contributed by atoms with Gasteiger partial charge in [0.1, 0.15) is 12.2 Å². The van der Waals surface area contributed by atoms with Crippen molar-refractivity contribution in [2.24, 2.45) is 5.92 Å². The van der Waals surface area contributed by atoms with Crippen LogP contribution in [0.3, 0.4) is 0 Å². The van der Waals surface area contributed by atoms with E-state index in [-0.39, 0.29) is 25.0 Å². The van der Waals surface area contributed by atoms with Crippen LogP contribution in [0.25, 0.3) is 0 Å². The van der Waals surface area contributed by atoms with Crippen LogP contribution < -0.4 is 10.6 Å². The van der Waals surface area contributed by atoms with Gasteiger partial charge in [-0.15, -0.1) is 0 Å². The summed E-state index contributed by atoms with van der Waals surface area (Å²) in [5.41, 5.74) is 0. The number of aliphatic hydroxyl groups excluding tert-OH is 3. The number of carbonyl (C=O) groups is 1. The van der Waals surface area contributed by atoms with Gasteiger partial charge in [0.2, 0.25) is 5.91 Å². The summed E-state index contributed by atoms with van der Waals surface area (Å²) < 4.78 is 5.25. The Morgan fingerprint density at radius 3 is 2.67 bits per heavy atom. The lowest BCUT2D eigenvalue weighted by atomic mass is 9.92. The fraction of sp³-hybridized carbons (Fsp3) is 0.909. The van der Waals surface area contributed by atoms with Crippen LogP contribution in [-0.2, 0) is 9.53 Å². The Morgan fingerprint density at radius 1 is 1.33 bits per heavy atom. The highest BCUT2D eigenvalue weighted by atomic mass is 16.5. The average Bonchev–Trinajstić information content (AvgIpc) is 2.33. The molecule has 0 unspecified atom stereocenters. The van der Waals surface area contributed by atoms with Gasteiger partial charge < -0.3 is 30.7 Å². The van der Waals surface area contributed by atoms with Gasteiger partial charge >= 0.3 is 0 Å².